The number of hydrogen-bond donors (Lipinski definition) is 10. The van der Waals surface area contributed by atoms with Crippen LogP contribution in [0.2, 0.25) is 0 Å². The molecule has 0 saturated carbocycles. The van der Waals surface area contributed by atoms with Gasteiger partial charge in [0.1, 0.15) is 67.1 Å². The molecule has 54 heavy (non-hydrogen) atoms. The van der Waals surface area contributed by atoms with Gasteiger partial charge in [-0.2, -0.15) is 12.6 Å². The molecule has 1 amide bonds. The Morgan fingerprint density at radius 3 is 1.67 bits per heavy atom. The van der Waals surface area contributed by atoms with E-state index in [1.807, 2.05) is 0 Å². The molecule has 316 valence electrons. The molecular weight excluding hydrogens is 742 g/mol. The number of amides is 1. The normalized spacial score (nSPS) is 46.6. The molecule has 0 aromatic carbocycles. The van der Waals surface area contributed by atoms with E-state index in [2.05, 4.69) is 17.9 Å². The van der Waals surface area contributed by atoms with Crippen LogP contribution in [0.25, 0.3) is 0 Å². The van der Waals surface area contributed by atoms with Crippen LogP contribution in [0.5, 0.6) is 0 Å². The predicted molar refractivity (Wildman–Crippen MR) is 187 cm³/mol. The second kappa shape index (κ2) is 20.7. The summed E-state index contributed by atoms with van der Waals surface area (Å²) < 4.78 is 52.6. The van der Waals surface area contributed by atoms with Crippen LogP contribution in [-0.2, 0) is 47.4 Å². The van der Waals surface area contributed by atoms with Crippen molar-refractivity contribution in [3.8, 4) is 0 Å². The van der Waals surface area contributed by atoms with Gasteiger partial charge in [0.05, 0.1) is 43.0 Å². The molecule has 0 radical (unpaired) electrons. The van der Waals surface area contributed by atoms with E-state index in [1.165, 1.54) is 27.9 Å². The lowest BCUT2D eigenvalue weighted by atomic mass is 9.95. The molecule has 0 aliphatic carbocycles. The molecule has 9 N–H and O–H groups in total. The van der Waals surface area contributed by atoms with Crippen LogP contribution in [0.4, 0.5) is 0 Å². The number of ether oxygens (including phenoxy) is 9. The molecular formula is C34H61NO18S. The van der Waals surface area contributed by atoms with Gasteiger partial charge in [0.15, 0.2) is 25.2 Å². The number of aliphatic hydroxyl groups excluding tert-OH is 8. The number of aliphatic hydroxyl groups is 8. The molecule has 4 rings (SSSR count). The van der Waals surface area contributed by atoms with Crippen LogP contribution in [0.15, 0.2) is 0 Å². The molecule has 4 aliphatic heterocycles. The molecule has 0 spiro atoms. The molecule has 20 heteroatoms. The van der Waals surface area contributed by atoms with E-state index in [-0.39, 0.29) is 13.0 Å². The first-order valence-electron chi connectivity index (χ1n) is 18.6. The fourth-order valence-electron chi connectivity index (χ4n) is 6.97. The van der Waals surface area contributed by atoms with Gasteiger partial charge in [-0.25, -0.2) is 0 Å². The first-order valence-corrected chi connectivity index (χ1v) is 19.2. The Balaban J connectivity index is 1.46. The van der Waals surface area contributed by atoms with E-state index in [9.17, 15) is 45.6 Å². The van der Waals surface area contributed by atoms with Crippen molar-refractivity contribution in [3.63, 3.8) is 0 Å². The second-order valence-corrected chi connectivity index (χ2v) is 15.0. The molecule has 21 atom stereocenters. The summed E-state index contributed by atoms with van der Waals surface area (Å²) in [4.78, 5) is 12.3. The quantitative estimate of drug-likeness (QED) is 0.0551. The maximum Gasteiger partial charge on any atom is 0.222 e. The summed E-state index contributed by atoms with van der Waals surface area (Å²) in [6.07, 6.45) is -24.4. The van der Waals surface area contributed by atoms with Gasteiger partial charge in [-0.05, 0) is 53.2 Å². The first-order chi connectivity index (χ1) is 25.5. The molecule has 0 aromatic rings. The standard InChI is InChI=1S/C34H61NO18S/c1-13(36)12-18(37)35-19-14(2)47-34(29(45-6)23(19)41)52-28-22(40)17(5)48-31(26(28)44)51-27-21(39)16(4)49-32(25(27)43)53-30-24(42)20(38)15(3)50-33(30)46-10-8-7-9-11-54/h13-17,19-34,36,38-44,54H,7-12H2,1-6H3,(H,35,37)/t13-,14+,15-,16-,17-,19+,20-,21-,22-,23-,24+,25+,26+,27+,28+,29+,30+,31-,32-,33+,34-/m0/s1. The van der Waals surface area contributed by atoms with Gasteiger partial charge >= 0.3 is 0 Å². The van der Waals surface area contributed by atoms with E-state index in [4.69, 9.17) is 42.6 Å². The van der Waals surface area contributed by atoms with E-state index >= 15 is 0 Å². The van der Waals surface area contributed by atoms with Crippen LogP contribution in [-0.4, -0.2) is 195 Å². The fourth-order valence-corrected chi connectivity index (χ4v) is 7.19. The maximum absolute atomic E-state index is 12.3. The number of unbranched alkanes of at least 4 members (excludes halogenated alkanes) is 2. The van der Waals surface area contributed by atoms with Crippen molar-refractivity contribution in [1.29, 1.82) is 0 Å². The van der Waals surface area contributed by atoms with E-state index in [0.717, 1.165) is 18.6 Å². The Kier molecular flexibility index (Phi) is 17.6. The Bertz CT molecular complexity index is 1150. The third-order valence-electron chi connectivity index (χ3n) is 10.2. The molecule has 19 nitrogen and oxygen atoms in total. The minimum atomic E-state index is -1.77. The average Bonchev–Trinajstić information content (AvgIpc) is 3.11. The van der Waals surface area contributed by atoms with E-state index < -0.39 is 135 Å². The number of rotatable bonds is 16. The van der Waals surface area contributed by atoms with Gasteiger partial charge in [-0.15, -0.1) is 0 Å². The summed E-state index contributed by atoms with van der Waals surface area (Å²) in [7, 11) is 1.27. The van der Waals surface area contributed by atoms with Crippen molar-refractivity contribution in [2.24, 2.45) is 0 Å². The zero-order valence-electron chi connectivity index (χ0n) is 31.5. The third kappa shape index (κ3) is 11.0. The Labute approximate surface area is 320 Å². The molecule has 4 fully saturated rings. The highest BCUT2D eigenvalue weighted by atomic mass is 32.1. The lowest BCUT2D eigenvalue weighted by molar-refractivity contribution is -0.387. The molecule has 4 heterocycles. The van der Waals surface area contributed by atoms with E-state index in [1.54, 1.807) is 13.8 Å². The maximum atomic E-state index is 12.3. The lowest BCUT2D eigenvalue weighted by Crippen LogP contribution is -2.67. The van der Waals surface area contributed by atoms with Crippen molar-refractivity contribution in [1.82, 2.24) is 5.32 Å². The Hall–Kier alpha value is -0.860. The van der Waals surface area contributed by atoms with Crippen LogP contribution in [0, 0.1) is 0 Å². The summed E-state index contributed by atoms with van der Waals surface area (Å²) in [5.41, 5.74) is 0. The largest absolute Gasteiger partial charge is 0.393 e. The topological polar surface area (TPSA) is 274 Å². The van der Waals surface area contributed by atoms with Crippen LogP contribution < -0.4 is 5.32 Å². The number of carbonyl (C=O) groups is 1. The first kappa shape index (κ1) is 45.8. The minimum Gasteiger partial charge on any atom is -0.393 e. The molecule has 4 saturated heterocycles. The summed E-state index contributed by atoms with van der Waals surface area (Å²) in [6, 6.07) is -0.952. The van der Waals surface area contributed by atoms with Gasteiger partial charge in [-0.1, -0.05) is 6.42 Å². The van der Waals surface area contributed by atoms with Gasteiger partial charge in [0, 0.05) is 13.7 Å². The second-order valence-electron chi connectivity index (χ2n) is 14.6. The van der Waals surface area contributed by atoms with Gasteiger partial charge < -0.3 is 88.8 Å². The van der Waals surface area contributed by atoms with Gasteiger partial charge in [-0.3, -0.25) is 4.79 Å². The zero-order valence-corrected chi connectivity index (χ0v) is 32.4. The molecule has 0 bridgehead atoms. The third-order valence-corrected chi connectivity index (χ3v) is 10.5. The van der Waals surface area contributed by atoms with Crippen LogP contribution in [0.3, 0.4) is 0 Å². The number of methoxy groups -OCH3 is 1. The summed E-state index contributed by atoms with van der Waals surface area (Å²) >= 11 is 4.21. The SMILES string of the molecule is CO[C@H]1[C@H](O[C@@H]2[C@@H](O)[C@H](C)O[C@@H](O[C@@H]3[C@@H](O)[C@H](C)O[C@@H](O[C@H]4[C@H](OCCCCCS)O[C@@H](C)[C@H](O)[C@H]4O)[C@@H]3O)[C@@H]2O)O[C@H](C)[C@@H](NC(=O)C[C@H](C)O)[C@@H]1O. The molecule has 0 aromatic heterocycles. The summed E-state index contributed by atoms with van der Waals surface area (Å²) in [5, 5.41) is 89.9. The summed E-state index contributed by atoms with van der Waals surface area (Å²) in [6.45, 7) is 7.79. The minimum absolute atomic E-state index is 0.207. The Morgan fingerprint density at radius 2 is 1.13 bits per heavy atom. The van der Waals surface area contributed by atoms with Crippen LogP contribution in [0.1, 0.15) is 60.3 Å². The predicted octanol–water partition coefficient (Wildman–Crippen LogP) is -2.97. The zero-order chi connectivity index (χ0) is 40.0. The lowest BCUT2D eigenvalue weighted by Gasteiger charge is -2.49. The van der Waals surface area contributed by atoms with Gasteiger partial charge in [0.2, 0.25) is 5.91 Å². The van der Waals surface area contributed by atoms with Crippen molar-refractivity contribution in [3.05, 3.63) is 0 Å². The highest BCUT2D eigenvalue weighted by molar-refractivity contribution is 7.80. The fraction of sp³-hybridized carbons (Fsp3) is 0.971. The van der Waals surface area contributed by atoms with Crippen LogP contribution >= 0.6 is 12.6 Å². The number of nitrogens with one attached hydrogen (secondary N) is 1. The number of thiol groups is 1. The summed E-state index contributed by atoms with van der Waals surface area (Å²) in [5.74, 6) is 0.191. The van der Waals surface area contributed by atoms with Crippen molar-refractivity contribution >= 4 is 18.5 Å². The molecule has 4 aliphatic rings. The van der Waals surface area contributed by atoms with Crippen molar-refractivity contribution in [2.75, 3.05) is 19.5 Å². The Morgan fingerprint density at radius 1 is 0.630 bits per heavy atom. The number of carbonyl (C=O) groups excluding carboxylic acids is 1. The monoisotopic (exact) mass is 803 g/mol. The van der Waals surface area contributed by atoms with Crippen molar-refractivity contribution < 1.29 is 88.3 Å². The number of hydrogen-bond acceptors (Lipinski definition) is 19. The smallest absolute Gasteiger partial charge is 0.222 e. The average molecular weight is 804 g/mol. The molecule has 0 unspecified atom stereocenters. The van der Waals surface area contributed by atoms with Crippen molar-refractivity contribution in [2.45, 2.75) is 189 Å². The van der Waals surface area contributed by atoms with Gasteiger partial charge in [0.25, 0.3) is 0 Å². The van der Waals surface area contributed by atoms with E-state index in [0.29, 0.717) is 6.42 Å². The highest BCUT2D eigenvalue weighted by Gasteiger charge is 2.54. The highest BCUT2D eigenvalue weighted by Crippen LogP contribution is 2.35.